The topological polar surface area (TPSA) is 270 Å². The molecule has 23 heteroatoms. The third kappa shape index (κ3) is 15.6. The quantitative estimate of drug-likeness (QED) is 0.0439. The predicted molar refractivity (Wildman–Crippen MR) is 327 cm³/mol. The highest BCUT2D eigenvalue weighted by Crippen LogP contribution is 2.43. The van der Waals surface area contributed by atoms with Gasteiger partial charge in [0.25, 0.3) is 5.91 Å². The fourth-order valence-corrected chi connectivity index (χ4v) is 12.0. The zero-order valence-electron chi connectivity index (χ0n) is 51.3. The molecule has 0 radical (unpaired) electrons. The number of anilines is 2. The molecule has 1 saturated heterocycles. The summed E-state index contributed by atoms with van der Waals surface area (Å²) in [7, 11) is 3.35. The number of aryl methyl sites for hydroxylation is 1. The number of halogens is 1. The van der Waals surface area contributed by atoms with Crippen LogP contribution >= 0.6 is 0 Å². The number of nitrogen functional groups attached to an aromatic ring is 1. The molecule has 5 atom stereocenters. The second-order valence-corrected chi connectivity index (χ2v) is 23.9. The lowest BCUT2D eigenvalue weighted by molar-refractivity contribution is -0.147. The van der Waals surface area contributed by atoms with E-state index in [0.717, 1.165) is 42.4 Å². The summed E-state index contributed by atoms with van der Waals surface area (Å²) >= 11 is 0. The smallest absolute Gasteiger partial charge is 0.254 e. The van der Waals surface area contributed by atoms with E-state index in [1.807, 2.05) is 57.2 Å². The average Bonchev–Trinajstić information content (AvgIpc) is 2.80. The molecule has 88 heavy (non-hydrogen) atoms. The van der Waals surface area contributed by atoms with Crippen LogP contribution in [-0.2, 0) is 70.6 Å². The van der Waals surface area contributed by atoms with E-state index in [-0.39, 0.29) is 106 Å². The Morgan fingerprint density at radius 3 is 2.32 bits per heavy atom. The van der Waals surface area contributed by atoms with Gasteiger partial charge in [-0.05, 0) is 116 Å². The summed E-state index contributed by atoms with van der Waals surface area (Å²) in [4.78, 5) is 79.0. The molecule has 2 bridgehead atoms. The van der Waals surface area contributed by atoms with E-state index in [1.165, 1.54) is 28.7 Å². The minimum atomic E-state index is -0.895. The predicted octanol–water partition coefficient (Wildman–Crippen LogP) is 5.70. The van der Waals surface area contributed by atoms with Gasteiger partial charge in [0.1, 0.15) is 42.1 Å². The molecule has 9 rings (SSSR count). The van der Waals surface area contributed by atoms with Gasteiger partial charge in [0.05, 0.1) is 95.5 Å². The Morgan fingerprint density at radius 1 is 0.864 bits per heavy atom. The molecule has 1 aliphatic carbocycles. The second kappa shape index (κ2) is 29.8. The Hall–Kier alpha value is -8.01. The maximum atomic E-state index is 14.8. The highest BCUT2D eigenvalue weighted by atomic mass is 19.1. The number of ether oxygens (including phenoxy) is 5. The molecular formula is C65H83FN12O10. The van der Waals surface area contributed by atoms with Crippen LogP contribution in [0.4, 0.5) is 15.9 Å². The van der Waals surface area contributed by atoms with Crippen molar-refractivity contribution >= 4 is 41.0 Å². The number of rotatable bonds is 25. The average molecular weight is 1210 g/mol. The number of carbonyl (C=O) groups is 5. The number of nitrogens with two attached hydrogens (primary N) is 1. The van der Waals surface area contributed by atoms with Crippen molar-refractivity contribution in [1.82, 2.24) is 45.8 Å². The highest BCUT2D eigenvalue weighted by Gasteiger charge is 2.43. The van der Waals surface area contributed by atoms with Crippen molar-refractivity contribution in [2.45, 2.75) is 122 Å². The van der Waals surface area contributed by atoms with E-state index in [0.29, 0.717) is 98.4 Å². The van der Waals surface area contributed by atoms with Gasteiger partial charge in [-0.25, -0.2) is 9.37 Å². The minimum Gasteiger partial charge on any atom is -0.491 e. The molecule has 3 aliphatic heterocycles. The van der Waals surface area contributed by atoms with Crippen molar-refractivity contribution in [2.24, 2.45) is 5.41 Å². The first kappa shape index (κ1) is 64.5. The summed E-state index contributed by atoms with van der Waals surface area (Å²) in [5.74, 6) is -0.974. The summed E-state index contributed by atoms with van der Waals surface area (Å²) in [6.07, 6.45) is 6.20. The molecule has 1 fully saturated rings. The molecule has 3 aromatic carbocycles. The van der Waals surface area contributed by atoms with Gasteiger partial charge in [-0.3, -0.25) is 28.7 Å². The van der Waals surface area contributed by atoms with Crippen LogP contribution < -0.4 is 36.6 Å². The number of nitrogens with one attached hydrogen (secondary N) is 4. The Bertz CT molecular complexity index is 3350. The van der Waals surface area contributed by atoms with E-state index in [4.69, 9.17) is 29.4 Å². The lowest BCUT2D eigenvalue weighted by Gasteiger charge is -2.41. The van der Waals surface area contributed by atoms with Gasteiger partial charge in [-0.15, -0.1) is 0 Å². The summed E-state index contributed by atoms with van der Waals surface area (Å²) in [5.41, 5.74) is 13.3. The summed E-state index contributed by atoms with van der Waals surface area (Å²) < 4.78 is 45.2. The van der Waals surface area contributed by atoms with Crippen molar-refractivity contribution < 1.29 is 52.0 Å². The fourth-order valence-electron chi connectivity index (χ4n) is 12.0. The van der Waals surface area contributed by atoms with E-state index in [9.17, 15) is 33.6 Å². The number of nitriles is 1. The Labute approximate surface area is 513 Å². The summed E-state index contributed by atoms with van der Waals surface area (Å²) in [6.45, 7) is 11.4. The van der Waals surface area contributed by atoms with Crippen LogP contribution in [0.5, 0.6) is 5.75 Å². The van der Waals surface area contributed by atoms with E-state index in [2.05, 4.69) is 54.5 Å². The Balaban J connectivity index is 0.670. The van der Waals surface area contributed by atoms with Crippen LogP contribution in [0, 0.1) is 22.6 Å². The summed E-state index contributed by atoms with van der Waals surface area (Å²) in [5, 5.41) is 27.1. The van der Waals surface area contributed by atoms with E-state index in [1.54, 1.807) is 36.8 Å². The summed E-state index contributed by atoms with van der Waals surface area (Å²) in [6, 6.07) is 19.5. The van der Waals surface area contributed by atoms with Crippen molar-refractivity contribution in [2.75, 3.05) is 97.3 Å². The zero-order chi connectivity index (χ0) is 62.5. The number of hydrogen-bond donors (Lipinski definition) is 5. The van der Waals surface area contributed by atoms with Crippen molar-refractivity contribution in [1.29, 1.82) is 5.26 Å². The number of nitrogens with zero attached hydrogens (tertiary/aromatic N) is 7. The largest absolute Gasteiger partial charge is 0.491 e. The molecule has 5 heterocycles. The molecule has 6 N–H and O–H groups in total. The highest BCUT2D eigenvalue weighted by molar-refractivity contribution is 5.97. The van der Waals surface area contributed by atoms with Crippen molar-refractivity contribution in [3.63, 3.8) is 0 Å². The van der Waals surface area contributed by atoms with Gasteiger partial charge in [0.15, 0.2) is 5.69 Å². The molecule has 4 aliphatic rings. The SMILES string of the molecule is CN[C@@H](C)C(=O)N[C@H](C(=O)N1Cc2cc(OCCOCCOCCOCCOCCC(=O)NCCn3nc(C#N)c4c3CN(C)C(=O)c3ccc(F)cc3[C@H]3CCCN3c3cc-4cnc3N)ccc2C[C@H]1C(=O)N[C@@H]1CCCc2ccccc21)C(C)(C)C. The molecule has 5 aromatic rings. The van der Waals surface area contributed by atoms with Gasteiger partial charge in [0.2, 0.25) is 23.6 Å². The van der Waals surface area contributed by atoms with Crippen molar-refractivity contribution in [3.8, 4) is 22.9 Å². The van der Waals surface area contributed by atoms with Crippen LogP contribution in [0.3, 0.4) is 0 Å². The molecule has 0 saturated carbocycles. The van der Waals surface area contributed by atoms with Crippen LogP contribution in [-0.4, -0.2) is 159 Å². The Kier molecular flexibility index (Phi) is 21.8. The van der Waals surface area contributed by atoms with E-state index >= 15 is 0 Å². The lowest BCUT2D eigenvalue weighted by atomic mass is 9.83. The standard InChI is InChI=1S/C65H83FN12O10/c1-41(69-5)61(80)73-59(65(2,3)4)64(83)77-39-45-33-47(18-16-43(45)34-55(77)62(81)72-51-14-9-12-42-11-7-8-13-48(42)51)88-32-31-87-30-29-86-28-27-85-26-25-84-24-20-57(79)70-21-23-78-56-40-75(6)63(82)49-19-17-46(66)36-50(49)53-15-10-22-76(53)54-35-44(38-71-60(54)68)58(56)52(37-67)74-78/h7-8,11,13,16-19,33,35-36,38,41,51,53,55,59,69H,9-10,12,14-15,20-32,34,39-40H2,1-6H3,(H2,68,71)(H,70,79)(H,72,81)(H,73,80)/t41-,51+,53+,55-,59+/m0/s1. The number of amides is 5. The van der Waals surface area contributed by atoms with Crippen molar-refractivity contribution in [3.05, 3.63) is 124 Å². The van der Waals surface area contributed by atoms with Crippen LogP contribution in [0.15, 0.2) is 72.9 Å². The number of likely N-dealkylation sites (N-methyl/N-ethyl adjacent to an activating group) is 1. The molecule has 5 amide bonds. The third-order valence-corrected chi connectivity index (χ3v) is 16.8. The minimum absolute atomic E-state index is 0.0620. The van der Waals surface area contributed by atoms with Crippen LogP contribution in [0.25, 0.3) is 11.1 Å². The first-order valence-corrected chi connectivity index (χ1v) is 30.5. The fraction of sp³-hybridized carbons (Fsp3) is 0.508. The normalized spacial score (nSPS) is 17.8. The number of fused-ring (bicyclic) bond motifs is 10. The monoisotopic (exact) mass is 1210 g/mol. The third-order valence-electron chi connectivity index (χ3n) is 16.8. The first-order chi connectivity index (χ1) is 42.4. The number of hydrogen-bond acceptors (Lipinski definition) is 16. The molecule has 22 nitrogen and oxygen atoms in total. The molecule has 470 valence electrons. The van der Waals surface area contributed by atoms with E-state index < -0.39 is 29.4 Å². The van der Waals surface area contributed by atoms with Gasteiger partial charge >= 0.3 is 0 Å². The van der Waals surface area contributed by atoms with Crippen LogP contribution in [0.2, 0.25) is 0 Å². The Morgan fingerprint density at radius 2 is 1.59 bits per heavy atom. The zero-order valence-corrected chi connectivity index (χ0v) is 51.3. The molecule has 0 unspecified atom stereocenters. The number of aromatic nitrogens is 3. The molecule has 2 aromatic heterocycles. The molecular weight excluding hydrogens is 1130 g/mol. The second-order valence-electron chi connectivity index (χ2n) is 23.9. The maximum absolute atomic E-state index is 14.8. The maximum Gasteiger partial charge on any atom is 0.254 e. The number of carbonyl (C=O) groups excluding carboxylic acids is 5. The van der Waals surface area contributed by atoms with Gasteiger partial charge in [-0.1, -0.05) is 51.1 Å². The lowest BCUT2D eigenvalue weighted by Crippen LogP contribution is -2.62. The molecule has 0 spiro atoms. The number of benzene rings is 3. The van der Waals surface area contributed by atoms with Gasteiger partial charge in [-0.2, -0.15) is 10.4 Å². The first-order valence-electron chi connectivity index (χ1n) is 30.5. The van der Waals surface area contributed by atoms with Gasteiger partial charge < -0.3 is 65.4 Å². The van der Waals surface area contributed by atoms with Gasteiger partial charge in [0, 0.05) is 62.4 Å². The number of pyridine rings is 1. The van der Waals surface area contributed by atoms with Crippen LogP contribution in [0.1, 0.15) is 121 Å².